The number of ether oxygens (including phenoxy) is 1. The van der Waals surface area contributed by atoms with Crippen molar-refractivity contribution in [3.8, 4) is 5.75 Å². The van der Waals surface area contributed by atoms with Gasteiger partial charge in [-0.2, -0.15) is 0 Å². The first-order chi connectivity index (χ1) is 8.90. The summed E-state index contributed by atoms with van der Waals surface area (Å²) in [6, 6.07) is 6.64. The van der Waals surface area contributed by atoms with Crippen molar-refractivity contribution in [2.75, 3.05) is 20.2 Å². The summed E-state index contributed by atoms with van der Waals surface area (Å²) < 4.78 is 6.61. The van der Waals surface area contributed by atoms with Crippen LogP contribution in [0.25, 0.3) is 0 Å². The Labute approximate surface area is 124 Å². The van der Waals surface area contributed by atoms with Gasteiger partial charge >= 0.3 is 0 Å². The van der Waals surface area contributed by atoms with Crippen LogP contribution in [0.5, 0.6) is 5.75 Å². The van der Waals surface area contributed by atoms with Gasteiger partial charge in [-0.1, -0.05) is 15.9 Å². The average molecular weight is 327 g/mol. The number of hydrogen-bond acceptors (Lipinski definition) is 3. The lowest BCUT2D eigenvalue weighted by atomic mass is 10.0. The van der Waals surface area contributed by atoms with Crippen molar-refractivity contribution in [1.29, 1.82) is 0 Å². The van der Waals surface area contributed by atoms with Crippen molar-refractivity contribution >= 4 is 15.9 Å². The van der Waals surface area contributed by atoms with E-state index < -0.39 is 0 Å². The molecule has 1 fully saturated rings. The van der Waals surface area contributed by atoms with Gasteiger partial charge in [0.2, 0.25) is 0 Å². The number of methoxy groups -OCH3 is 1. The van der Waals surface area contributed by atoms with Gasteiger partial charge in [-0.3, -0.25) is 4.90 Å². The van der Waals surface area contributed by atoms with Crippen LogP contribution in [-0.2, 0) is 0 Å². The van der Waals surface area contributed by atoms with E-state index in [0.717, 1.165) is 23.3 Å². The van der Waals surface area contributed by atoms with Crippen LogP contribution < -0.4 is 10.5 Å². The highest BCUT2D eigenvalue weighted by molar-refractivity contribution is 9.10. The molecule has 1 aromatic rings. The van der Waals surface area contributed by atoms with Crippen molar-refractivity contribution < 1.29 is 4.74 Å². The van der Waals surface area contributed by atoms with Crippen LogP contribution in [-0.4, -0.2) is 30.6 Å². The largest absolute Gasteiger partial charge is 0.496 e. The highest BCUT2D eigenvalue weighted by atomic mass is 79.9. The highest BCUT2D eigenvalue weighted by Crippen LogP contribution is 2.38. The highest BCUT2D eigenvalue weighted by Gasteiger charge is 2.31. The molecule has 0 radical (unpaired) electrons. The second-order valence-corrected chi connectivity index (χ2v) is 6.92. The number of nitrogens with zero attached hydrogens (tertiary/aromatic N) is 1. The zero-order valence-corrected chi connectivity index (χ0v) is 13.5. The average Bonchev–Trinajstić information content (AvgIpc) is 2.74. The maximum atomic E-state index is 6.17. The lowest BCUT2D eigenvalue weighted by Gasteiger charge is -2.32. The zero-order valence-electron chi connectivity index (χ0n) is 11.9. The molecule has 0 bridgehead atoms. The maximum Gasteiger partial charge on any atom is 0.123 e. The summed E-state index contributed by atoms with van der Waals surface area (Å²) in [5.41, 5.74) is 7.27. The number of rotatable bonds is 4. The Morgan fingerprint density at radius 3 is 2.84 bits per heavy atom. The molecule has 1 unspecified atom stereocenters. The van der Waals surface area contributed by atoms with Crippen molar-refractivity contribution in [3.63, 3.8) is 0 Å². The molecule has 1 heterocycles. The Morgan fingerprint density at radius 2 is 2.21 bits per heavy atom. The molecule has 1 aromatic carbocycles. The summed E-state index contributed by atoms with van der Waals surface area (Å²) in [7, 11) is 1.74. The van der Waals surface area contributed by atoms with E-state index in [0.29, 0.717) is 6.04 Å². The molecule has 1 saturated heterocycles. The fraction of sp³-hybridized carbons (Fsp3) is 0.600. The monoisotopic (exact) mass is 326 g/mol. The molecule has 106 valence electrons. The van der Waals surface area contributed by atoms with E-state index in [9.17, 15) is 0 Å². The van der Waals surface area contributed by atoms with E-state index >= 15 is 0 Å². The van der Waals surface area contributed by atoms with E-state index in [2.05, 4.69) is 40.7 Å². The van der Waals surface area contributed by atoms with E-state index in [-0.39, 0.29) is 5.54 Å². The lowest BCUT2D eigenvalue weighted by molar-refractivity contribution is 0.208. The normalized spacial score (nSPS) is 20.8. The molecule has 0 saturated carbocycles. The standard InChI is InChI=1S/C15H23BrN2O/c1-15(2,17)10-18-8-4-5-13(18)12-9-11(16)6-7-14(12)19-3/h6-7,9,13H,4-5,8,10,17H2,1-3H3. The van der Waals surface area contributed by atoms with E-state index in [1.165, 1.54) is 18.4 Å². The quantitative estimate of drug-likeness (QED) is 0.922. The van der Waals surface area contributed by atoms with Crippen LogP contribution in [0.2, 0.25) is 0 Å². The third kappa shape index (κ3) is 3.71. The van der Waals surface area contributed by atoms with Crippen LogP contribution in [0.1, 0.15) is 38.3 Å². The molecule has 0 aromatic heterocycles. The molecule has 3 nitrogen and oxygen atoms in total. The Balaban J connectivity index is 2.27. The predicted molar refractivity (Wildman–Crippen MR) is 82.5 cm³/mol. The van der Waals surface area contributed by atoms with Crippen LogP contribution >= 0.6 is 15.9 Å². The van der Waals surface area contributed by atoms with Crippen molar-refractivity contribution in [2.24, 2.45) is 5.73 Å². The van der Waals surface area contributed by atoms with Gasteiger partial charge in [0, 0.05) is 28.2 Å². The summed E-state index contributed by atoms with van der Waals surface area (Å²) in [5, 5.41) is 0. The van der Waals surface area contributed by atoms with Gasteiger partial charge in [0.25, 0.3) is 0 Å². The molecule has 2 rings (SSSR count). The van der Waals surface area contributed by atoms with E-state index in [1.54, 1.807) is 7.11 Å². The fourth-order valence-corrected chi connectivity index (χ4v) is 3.24. The third-order valence-electron chi connectivity index (χ3n) is 3.53. The summed E-state index contributed by atoms with van der Waals surface area (Å²) >= 11 is 3.56. The van der Waals surface area contributed by atoms with Crippen LogP contribution in [0, 0.1) is 0 Å². The van der Waals surface area contributed by atoms with Gasteiger partial charge in [0.1, 0.15) is 5.75 Å². The molecule has 1 aliphatic rings. The van der Waals surface area contributed by atoms with Crippen molar-refractivity contribution in [1.82, 2.24) is 4.90 Å². The van der Waals surface area contributed by atoms with Gasteiger partial charge in [-0.05, 0) is 51.4 Å². The molecular formula is C15H23BrN2O. The Kier molecular flexibility index (Phi) is 4.54. The first kappa shape index (κ1) is 14.8. The number of likely N-dealkylation sites (tertiary alicyclic amines) is 1. The Bertz CT molecular complexity index is 442. The summed E-state index contributed by atoms with van der Waals surface area (Å²) in [6.07, 6.45) is 2.39. The first-order valence-electron chi connectivity index (χ1n) is 6.77. The van der Waals surface area contributed by atoms with Crippen molar-refractivity contribution in [3.05, 3.63) is 28.2 Å². The SMILES string of the molecule is COc1ccc(Br)cc1C1CCCN1CC(C)(C)N. The number of halogens is 1. The molecule has 2 N–H and O–H groups in total. The minimum absolute atomic E-state index is 0.165. The topological polar surface area (TPSA) is 38.5 Å². The lowest BCUT2D eigenvalue weighted by Crippen LogP contribution is -2.45. The number of benzene rings is 1. The van der Waals surface area contributed by atoms with Gasteiger partial charge in [0.15, 0.2) is 0 Å². The molecule has 0 spiro atoms. The first-order valence-corrected chi connectivity index (χ1v) is 7.56. The Morgan fingerprint density at radius 1 is 1.47 bits per heavy atom. The Hall–Kier alpha value is -0.580. The van der Waals surface area contributed by atoms with E-state index in [1.807, 2.05) is 12.1 Å². The molecular weight excluding hydrogens is 304 g/mol. The second-order valence-electron chi connectivity index (χ2n) is 6.00. The van der Waals surface area contributed by atoms with E-state index in [4.69, 9.17) is 10.5 Å². The minimum Gasteiger partial charge on any atom is -0.496 e. The van der Waals surface area contributed by atoms with Gasteiger partial charge in [-0.15, -0.1) is 0 Å². The number of hydrogen-bond donors (Lipinski definition) is 1. The summed E-state index contributed by atoms with van der Waals surface area (Å²) in [5.74, 6) is 0.968. The zero-order chi connectivity index (χ0) is 14.0. The molecule has 19 heavy (non-hydrogen) atoms. The smallest absolute Gasteiger partial charge is 0.123 e. The van der Waals surface area contributed by atoms with Crippen LogP contribution in [0.3, 0.4) is 0 Å². The summed E-state index contributed by atoms with van der Waals surface area (Å²) in [6.45, 7) is 6.19. The molecule has 4 heteroatoms. The van der Waals surface area contributed by atoms with Crippen molar-refractivity contribution in [2.45, 2.75) is 38.3 Å². The van der Waals surface area contributed by atoms with Gasteiger partial charge in [-0.25, -0.2) is 0 Å². The van der Waals surface area contributed by atoms with Gasteiger partial charge < -0.3 is 10.5 Å². The minimum atomic E-state index is -0.165. The molecule has 0 amide bonds. The second kappa shape index (κ2) is 5.81. The molecule has 0 aliphatic carbocycles. The molecule has 1 atom stereocenters. The third-order valence-corrected chi connectivity index (χ3v) is 4.02. The fourth-order valence-electron chi connectivity index (χ4n) is 2.86. The number of nitrogens with two attached hydrogens (primary N) is 1. The van der Waals surface area contributed by atoms with Crippen LogP contribution in [0.4, 0.5) is 0 Å². The molecule has 1 aliphatic heterocycles. The van der Waals surface area contributed by atoms with Crippen LogP contribution in [0.15, 0.2) is 22.7 Å². The predicted octanol–water partition coefficient (Wildman–Crippen LogP) is 3.33. The summed E-state index contributed by atoms with van der Waals surface area (Å²) in [4.78, 5) is 2.48. The maximum absolute atomic E-state index is 6.17. The van der Waals surface area contributed by atoms with Gasteiger partial charge in [0.05, 0.1) is 7.11 Å².